The summed E-state index contributed by atoms with van der Waals surface area (Å²) in [6, 6.07) is 19.9. The van der Waals surface area contributed by atoms with Crippen LogP contribution in [-0.2, 0) is 4.79 Å². The number of ether oxygens (including phenoxy) is 1. The molecule has 1 aromatic heterocycles. The Bertz CT molecular complexity index is 1000. The molecule has 30 heavy (non-hydrogen) atoms. The minimum Gasteiger partial charge on any atom is -0.481 e. The highest BCUT2D eigenvalue weighted by Crippen LogP contribution is 2.22. The lowest BCUT2D eigenvalue weighted by molar-refractivity contribution is -0.138. The van der Waals surface area contributed by atoms with Crippen molar-refractivity contribution in [1.82, 2.24) is 14.9 Å². The van der Waals surface area contributed by atoms with E-state index >= 15 is 0 Å². The largest absolute Gasteiger partial charge is 0.481 e. The number of rotatable bonds is 5. The summed E-state index contributed by atoms with van der Waals surface area (Å²) in [6.45, 7) is 6.57. The van der Waals surface area contributed by atoms with Crippen LogP contribution in [0.1, 0.15) is 12.5 Å². The highest BCUT2D eigenvalue weighted by atomic mass is 16.5. The van der Waals surface area contributed by atoms with Gasteiger partial charge in [-0.15, -0.1) is 0 Å². The molecule has 1 atom stereocenters. The first kappa shape index (κ1) is 19.9. The Morgan fingerprint density at radius 3 is 2.47 bits per heavy atom. The quantitative estimate of drug-likeness (QED) is 0.653. The molecule has 154 valence electrons. The summed E-state index contributed by atoms with van der Waals surface area (Å²) >= 11 is 0. The first-order chi connectivity index (χ1) is 14.6. The van der Waals surface area contributed by atoms with Gasteiger partial charge in [-0.05, 0) is 31.5 Å². The molecule has 2 heterocycles. The van der Waals surface area contributed by atoms with Crippen molar-refractivity contribution in [2.75, 3.05) is 31.1 Å². The number of aromatic nitrogens is 2. The van der Waals surface area contributed by atoms with Crippen molar-refractivity contribution in [3.63, 3.8) is 0 Å². The van der Waals surface area contributed by atoms with E-state index in [9.17, 15) is 4.79 Å². The van der Waals surface area contributed by atoms with Crippen molar-refractivity contribution in [3.8, 4) is 17.0 Å². The van der Waals surface area contributed by atoms with E-state index in [0.29, 0.717) is 13.1 Å². The molecule has 0 N–H and O–H groups in total. The minimum atomic E-state index is -0.512. The summed E-state index contributed by atoms with van der Waals surface area (Å²) in [5, 5.41) is 0. The lowest BCUT2D eigenvalue weighted by Gasteiger charge is -2.36. The molecule has 0 radical (unpaired) electrons. The molecule has 0 aliphatic carbocycles. The molecule has 2 aromatic carbocycles. The SMILES string of the molecule is Cc1cccc(OC(C)C(=O)N2CCN(c3cc(-c4ccccc4)ncn3)CC2)c1. The lowest BCUT2D eigenvalue weighted by Crippen LogP contribution is -2.52. The number of hydrogen-bond acceptors (Lipinski definition) is 5. The molecule has 0 bridgehead atoms. The van der Waals surface area contributed by atoms with Crippen molar-refractivity contribution < 1.29 is 9.53 Å². The van der Waals surface area contributed by atoms with Crippen LogP contribution < -0.4 is 9.64 Å². The summed E-state index contributed by atoms with van der Waals surface area (Å²) in [7, 11) is 0. The van der Waals surface area contributed by atoms with Gasteiger partial charge in [0.05, 0.1) is 5.69 Å². The maximum atomic E-state index is 12.8. The van der Waals surface area contributed by atoms with Crippen LogP contribution in [0.3, 0.4) is 0 Å². The Labute approximate surface area is 177 Å². The third-order valence-electron chi connectivity index (χ3n) is 5.29. The van der Waals surface area contributed by atoms with Gasteiger partial charge in [0.25, 0.3) is 5.91 Å². The number of piperazine rings is 1. The number of carbonyl (C=O) groups excluding carboxylic acids is 1. The molecule has 1 aliphatic heterocycles. The van der Waals surface area contributed by atoms with E-state index in [-0.39, 0.29) is 5.91 Å². The fraction of sp³-hybridized carbons (Fsp3) is 0.292. The van der Waals surface area contributed by atoms with E-state index in [0.717, 1.165) is 41.5 Å². The zero-order valence-electron chi connectivity index (χ0n) is 17.4. The predicted octanol–water partition coefficient (Wildman–Crippen LogP) is 3.57. The second kappa shape index (κ2) is 8.95. The van der Waals surface area contributed by atoms with Gasteiger partial charge in [-0.1, -0.05) is 42.5 Å². The first-order valence-corrected chi connectivity index (χ1v) is 10.2. The third kappa shape index (κ3) is 4.59. The third-order valence-corrected chi connectivity index (χ3v) is 5.29. The number of carbonyl (C=O) groups is 1. The van der Waals surface area contributed by atoms with E-state index in [4.69, 9.17) is 4.74 Å². The maximum Gasteiger partial charge on any atom is 0.263 e. The zero-order valence-corrected chi connectivity index (χ0v) is 17.4. The van der Waals surface area contributed by atoms with Crippen LogP contribution in [0.4, 0.5) is 5.82 Å². The second-order valence-corrected chi connectivity index (χ2v) is 7.52. The van der Waals surface area contributed by atoms with Crippen LogP contribution in [0.15, 0.2) is 67.0 Å². The molecule has 0 spiro atoms. The predicted molar refractivity (Wildman–Crippen MR) is 118 cm³/mol. The molecule has 1 aliphatic rings. The fourth-order valence-corrected chi connectivity index (χ4v) is 3.64. The standard InChI is InChI=1S/C24H26N4O2/c1-18-7-6-10-21(15-18)30-19(2)24(29)28-13-11-27(12-14-28)23-16-22(25-17-26-23)20-8-4-3-5-9-20/h3-10,15-17,19H,11-14H2,1-2H3. The van der Waals surface area contributed by atoms with Gasteiger partial charge in [-0.3, -0.25) is 4.79 Å². The first-order valence-electron chi connectivity index (χ1n) is 10.2. The summed E-state index contributed by atoms with van der Waals surface area (Å²) in [5.41, 5.74) is 3.08. The lowest BCUT2D eigenvalue weighted by atomic mass is 10.1. The fourth-order valence-electron chi connectivity index (χ4n) is 3.64. The van der Waals surface area contributed by atoms with Gasteiger partial charge in [-0.25, -0.2) is 9.97 Å². The van der Waals surface area contributed by atoms with Gasteiger partial charge in [0, 0.05) is 37.8 Å². The van der Waals surface area contributed by atoms with Crippen molar-refractivity contribution in [3.05, 3.63) is 72.6 Å². The Kier molecular flexibility index (Phi) is 5.93. The Morgan fingerprint density at radius 1 is 0.967 bits per heavy atom. The number of aryl methyl sites for hydroxylation is 1. The second-order valence-electron chi connectivity index (χ2n) is 7.52. The van der Waals surface area contributed by atoms with Crippen molar-refractivity contribution >= 4 is 11.7 Å². The van der Waals surface area contributed by atoms with Gasteiger partial charge in [0.1, 0.15) is 17.9 Å². The Balaban J connectivity index is 1.36. The van der Waals surface area contributed by atoms with Gasteiger partial charge < -0.3 is 14.5 Å². The van der Waals surface area contributed by atoms with Gasteiger partial charge in [0.2, 0.25) is 0 Å². The molecule has 0 saturated carbocycles. The van der Waals surface area contributed by atoms with Gasteiger partial charge in [-0.2, -0.15) is 0 Å². The van der Waals surface area contributed by atoms with Crippen molar-refractivity contribution in [1.29, 1.82) is 0 Å². The number of amides is 1. The topological polar surface area (TPSA) is 58.6 Å². The summed E-state index contributed by atoms with van der Waals surface area (Å²) < 4.78 is 5.86. The Morgan fingerprint density at radius 2 is 1.73 bits per heavy atom. The average molecular weight is 402 g/mol. The molecular formula is C24H26N4O2. The molecule has 4 rings (SSSR count). The van der Waals surface area contributed by atoms with Crippen LogP contribution in [-0.4, -0.2) is 53.1 Å². The molecule has 1 amide bonds. The van der Waals surface area contributed by atoms with Crippen molar-refractivity contribution in [2.24, 2.45) is 0 Å². The Hall–Kier alpha value is -3.41. The molecule has 1 saturated heterocycles. The molecule has 1 unspecified atom stereocenters. The minimum absolute atomic E-state index is 0.0174. The molecule has 6 nitrogen and oxygen atoms in total. The number of nitrogens with zero attached hydrogens (tertiary/aromatic N) is 4. The van der Waals surface area contributed by atoms with E-state index in [1.54, 1.807) is 6.33 Å². The normalized spacial score (nSPS) is 15.0. The molecular weight excluding hydrogens is 376 g/mol. The van der Waals surface area contributed by atoms with E-state index in [1.165, 1.54) is 0 Å². The number of benzene rings is 2. The van der Waals surface area contributed by atoms with Crippen LogP contribution >= 0.6 is 0 Å². The summed E-state index contributed by atoms with van der Waals surface area (Å²) in [6.07, 6.45) is 1.09. The van der Waals surface area contributed by atoms with Crippen LogP contribution in [0.25, 0.3) is 11.3 Å². The van der Waals surface area contributed by atoms with E-state index in [1.807, 2.05) is 79.4 Å². The summed E-state index contributed by atoms with van der Waals surface area (Å²) in [4.78, 5) is 25.7. The van der Waals surface area contributed by atoms with Crippen LogP contribution in [0, 0.1) is 6.92 Å². The molecule has 3 aromatic rings. The van der Waals surface area contributed by atoms with Crippen LogP contribution in [0.2, 0.25) is 0 Å². The highest BCUT2D eigenvalue weighted by molar-refractivity contribution is 5.81. The van der Waals surface area contributed by atoms with E-state index < -0.39 is 6.10 Å². The highest BCUT2D eigenvalue weighted by Gasteiger charge is 2.26. The monoisotopic (exact) mass is 402 g/mol. The zero-order chi connectivity index (χ0) is 20.9. The average Bonchev–Trinajstić information content (AvgIpc) is 2.79. The van der Waals surface area contributed by atoms with Crippen molar-refractivity contribution in [2.45, 2.75) is 20.0 Å². The van der Waals surface area contributed by atoms with Gasteiger partial charge in [0.15, 0.2) is 6.10 Å². The van der Waals surface area contributed by atoms with Gasteiger partial charge >= 0.3 is 0 Å². The maximum absolute atomic E-state index is 12.8. The molecule has 6 heteroatoms. The number of hydrogen-bond donors (Lipinski definition) is 0. The smallest absolute Gasteiger partial charge is 0.263 e. The molecule has 1 fully saturated rings. The van der Waals surface area contributed by atoms with Crippen LogP contribution in [0.5, 0.6) is 5.75 Å². The van der Waals surface area contributed by atoms with E-state index in [2.05, 4.69) is 14.9 Å². The summed E-state index contributed by atoms with van der Waals surface area (Å²) in [5.74, 6) is 1.63. The number of anilines is 1.